The first-order chi connectivity index (χ1) is 14.1. The molecule has 1 amide bonds. The van der Waals surface area contributed by atoms with Gasteiger partial charge in [-0.1, -0.05) is 20.3 Å². The second-order valence-electron chi connectivity index (χ2n) is 11.8. The average molecular weight is 402 g/mol. The van der Waals surface area contributed by atoms with Crippen LogP contribution in [0, 0.1) is 52.8 Å². The van der Waals surface area contributed by atoms with Crippen molar-refractivity contribution < 1.29 is 9.53 Å². The zero-order valence-electron chi connectivity index (χ0n) is 18.8. The zero-order chi connectivity index (χ0) is 20.0. The number of ether oxygens (including phenoxy) is 1. The summed E-state index contributed by atoms with van der Waals surface area (Å²) in [7, 11) is 0. The maximum absolute atomic E-state index is 13.2. The molecule has 3 heteroatoms. The molecule has 0 aromatic heterocycles. The molecule has 1 saturated heterocycles. The van der Waals surface area contributed by atoms with E-state index in [1.807, 2.05) is 0 Å². The van der Waals surface area contributed by atoms with Crippen molar-refractivity contribution >= 4 is 5.91 Å². The largest absolute Gasteiger partial charge is 0.381 e. The van der Waals surface area contributed by atoms with E-state index in [4.69, 9.17) is 4.74 Å². The number of rotatable bonds is 3. The van der Waals surface area contributed by atoms with Crippen molar-refractivity contribution in [2.75, 3.05) is 19.8 Å². The molecule has 5 fully saturated rings. The third-order valence-corrected chi connectivity index (χ3v) is 10.4. The number of carbonyl (C=O) groups is 1. The number of carbonyl (C=O) groups excluding carboxylic acids is 1. The molecular formula is C26H43NO2. The molecule has 29 heavy (non-hydrogen) atoms. The summed E-state index contributed by atoms with van der Waals surface area (Å²) in [5.74, 6) is 6.94. The second kappa shape index (κ2) is 8.17. The van der Waals surface area contributed by atoms with Gasteiger partial charge in [0.2, 0.25) is 5.91 Å². The maximum atomic E-state index is 13.2. The van der Waals surface area contributed by atoms with E-state index in [1.165, 1.54) is 51.4 Å². The lowest BCUT2D eigenvalue weighted by Gasteiger charge is -2.56. The van der Waals surface area contributed by atoms with Crippen molar-refractivity contribution in [3.8, 4) is 0 Å². The summed E-state index contributed by atoms with van der Waals surface area (Å²) in [5.41, 5.74) is 0.260. The maximum Gasteiger partial charge on any atom is 0.223 e. The number of hydrogen-bond donors (Lipinski definition) is 1. The van der Waals surface area contributed by atoms with E-state index in [0.717, 1.165) is 74.5 Å². The molecule has 5 aliphatic rings. The van der Waals surface area contributed by atoms with Gasteiger partial charge in [-0.25, -0.2) is 0 Å². The summed E-state index contributed by atoms with van der Waals surface area (Å²) in [6.07, 6.45) is 14.7. The van der Waals surface area contributed by atoms with Crippen LogP contribution in [0.15, 0.2) is 0 Å². The number of hydrogen-bond acceptors (Lipinski definition) is 2. The highest BCUT2D eigenvalue weighted by Crippen LogP contribution is 2.64. The Hall–Kier alpha value is -0.570. The average Bonchev–Trinajstić information content (AvgIpc) is 3.09. The van der Waals surface area contributed by atoms with E-state index in [0.29, 0.717) is 11.8 Å². The van der Waals surface area contributed by atoms with E-state index in [9.17, 15) is 4.79 Å². The lowest BCUT2D eigenvalue weighted by Crippen LogP contribution is -2.50. The van der Waals surface area contributed by atoms with Crippen molar-refractivity contribution in [2.45, 2.75) is 84.5 Å². The summed E-state index contributed by atoms with van der Waals surface area (Å²) >= 11 is 0. The van der Waals surface area contributed by atoms with Crippen molar-refractivity contribution in [1.29, 1.82) is 0 Å². The molecule has 1 heterocycles. The van der Waals surface area contributed by atoms with E-state index >= 15 is 0 Å². The van der Waals surface area contributed by atoms with Crippen LogP contribution < -0.4 is 5.32 Å². The van der Waals surface area contributed by atoms with Gasteiger partial charge in [0, 0.05) is 25.7 Å². The van der Waals surface area contributed by atoms with Crippen LogP contribution in [0.2, 0.25) is 0 Å². The summed E-state index contributed by atoms with van der Waals surface area (Å²) in [4.78, 5) is 13.2. The van der Waals surface area contributed by atoms with Gasteiger partial charge in [0.1, 0.15) is 0 Å². The van der Waals surface area contributed by atoms with Crippen molar-refractivity contribution in [2.24, 2.45) is 52.8 Å². The standard InChI is InChI=1S/C26H43NO2/c1-17-3-5-20-19(15-17)4-6-22-21(20)9-12-26(2)23(22)7-8-24(26)25(28)27-16-18-10-13-29-14-11-18/h17-24H,3-16H2,1-2H3,(H,27,28)/t17?,19?,20?,21?,22?,23?,24-,26?/m1/s1. The summed E-state index contributed by atoms with van der Waals surface area (Å²) in [6, 6.07) is 0. The molecule has 4 aliphatic carbocycles. The highest BCUT2D eigenvalue weighted by molar-refractivity contribution is 5.80. The molecule has 5 rings (SSSR count). The Balaban J connectivity index is 1.23. The van der Waals surface area contributed by atoms with E-state index < -0.39 is 0 Å². The molecule has 1 N–H and O–H groups in total. The molecule has 8 atom stereocenters. The van der Waals surface area contributed by atoms with Crippen molar-refractivity contribution in [1.82, 2.24) is 5.32 Å². The fraction of sp³-hybridized carbons (Fsp3) is 0.962. The van der Waals surface area contributed by atoms with Gasteiger partial charge in [-0.3, -0.25) is 4.79 Å². The van der Waals surface area contributed by atoms with Crippen LogP contribution in [0.3, 0.4) is 0 Å². The molecule has 1 aliphatic heterocycles. The molecule has 0 radical (unpaired) electrons. The normalized spacial score (nSPS) is 47.7. The number of nitrogens with one attached hydrogen (secondary N) is 1. The SMILES string of the molecule is CC1CCC2C(CCC3C2CCC2(C)C3CC[C@@H]2C(=O)NCC2CCOCC2)C1. The molecule has 0 spiro atoms. The van der Waals surface area contributed by atoms with Crippen LogP contribution in [-0.4, -0.2) is 25.7 Å². The van der Waals surface area contributed by atoms with Gasteiger partial charge in [0.05, 0.1) is 0 Å². The lowest BCUT2D eigenvalue weighted by molar-refractivity contribution is -0.133. The van der Waals surface area contributed by atoms with Gasteiger partial charge in [0.15, 0.2) is 0 Å². The molecule has 0 aromatic rings. The van der Waals surface area contributed by atoms with Crippen LogP contribution in [0.5, 0.6) is 0 Å². The Morgan fingerprint density at radius 2 is 1.72 bits per heavy atom. The summed E-state index contributed by atoms with van der Waals surface area (Å²) in [6.45, 7) is 7.57. The fourth-order valence-corrected chi connectivity index (χ4v) is 8.84. The minimum absolute atomic E-state index is 0.260. The molecule has 0 bridgehead atoms. The topological polar surface area (TPSA) is 38.3 Å². The van der Waals surface area contributed by atoms with E-state index in [-0.39, 0.29) is 11.3 Å². The predicted octanol–water partition coefficient (Wildman–Crippen LogP) is 5.43. The van der Waals surface area contributed by atoms with Crippen molar-refractivity contribution in [3.63, 3.8) is 0 Å². The molecular weight excluding hydrogens is 358 g/mol. The van der Waals surface area contributed by atoms with Crippen LogP contribution in [0.4, 0.5) is 0 Å². The predicted molar refractivity (Wildman–Crippen MR) is 116 cm³/mol. The molecule has 4 saturated carbocycles. The zero-order valence-corrected chi connectivity index (χ0v) is 18.8. The summed E-state index contributed by atoms with van der Waals surface area (Å²) in [5, 5.41) is 3.38. The van der Waals surface area contributed by atoms with Gasteiger partial charge in [0.25, 0.3) is 0 Å². The Bertz CT molecular complexity index is 600. The van der Waals surface area contributed by atoms with Gasteiger partial charge in [-0.15, -0.1) is 0 Å². The van der Waals surface area contributed by atoms with E-state index in [1.54, 1.807) is 0 Å². The van der Waals surface area contributed by atoms with Crippen molar-refractivity contribution in [3.05, 3.63) is 0 Å². The van der Waals surface area contributed by atoms with Gasteiger partial charge >= 0.3 is 0 Å². The molecule has 7 unspecified atom stereocenters. The van der Waals surface area contributed by atoms with Gasteiger partial charge < -0.3 is 10.1 Å². The quantitative estimate of drug-likeness (QED) is 0.684. The first kappa shape index (κ1) is 20.3. The lowest BCUT2D eigenvalue weighted by atomic mass is 9.49. The first-order valence-electron chi connectivity index (χ1n) is 12.9. The minimum Gasteiger partial charge on any atom is -0.381 e. The van der Waals surface area contributed by atoms with Crippen LogP contribution in [0.1, 0.15) is 84.5 Å². The molecule has 3 nitrogen and oxygen atoms in total. The third-order valence-electron chi connectivity index (χ3n) is 10.4. The second-order valence-corrected chi connectivity index (χ2v) is 11.8. The first-order valence-corrected chi connectivity index (χ1v) is 12.9. The molecule has 164 valence electrons. The highest BCUT2D eigenvalue weighted by atomic mass is 16.5. The number of amides is 1. The Labute approximate surface area is 178 Å². The summed E-state index contributed by atoms with van der Waals surface area (Å²) < 4.78 is 5.47. The Kier molecular flexibility index (Phi) is 5.73. The Morgan fingerprint density at radius 3 is 2.55 bits per heavy atom. The third kappa shape index (κ3) is 3.68. The van der Waals surface area contributed by atoms with E-state index in [2.05, 4.69) is 19.2 Å². The van der Waals surface area contributed by atoms with Crippen LogP contribution in [-0.2, 0) is 9.53 Å². The Morgan fingerprint density at radius 1 is 0.931 bits per heavy atom. The highest BCUT2D eigenvalue weighted by Gasteiger charge is 2.58. The monoisotopic (exact) mass is 401 g/mol. The van der Waals surface area contributed by atoms with Gasteiger partial charge in [-0.05, 0) is 111 Å². The molecule has 0 aromatic carbocycles. The van der Waals surface area contributed by atoms with Crippen LogP contribution in [0.25, 0.3) is 0 Å². The fourth-order valence-electron chi connectivity index (χ4n) is 8.84. The van der Waals surface area contributed by atoms with Gasteiger partial charge in [-0.2, -0.15) is 0 Å². The minimum atomic E-state index is 0.260. The van der Waals surface area contributed by atoms with Crippen LogP contribution >= 0.6 is 0 Å². The number of fused-ring (bicyclic) bond motifs is 5. The smallest absolute Gasteiger partial charge is 0.223 e.